The molecule has 17 heavy (non-hydrogen) atoms. The van der Waals surface area contributed by atoms with Gasteiger partial charge in [-0.3, -0.25) is 10.1 Å². The number of carbonyl (C=O) groups is 1. The predicted octanol–water partition coefficient (Wildman–Crippen LogP) is 2.19. The van der Waals surface area contributed by atoms with Crippen LogP contribution in [0.25, 0.3) is 0 Å². The zero-order chi connectivity index (χ0) is 12.3. The number of hydrogen-bond donors (Lipinski definition) is 1. The molecule has 0 fully saturated rings. The molecule has 2 rings (SSSR count). The number of hydrogen-bond acceptors (Lipinski definition) is 4. The van der Waals surface area contributed by atoms with Crippen LogP contribution in [0, 0.1) is 6.92 Å². The van der Waals surface area contributed by atoms with Gasteiger partial charge in [0.25, 0.3) is 5.91 Å². The number of benzene rings is 1. The monoisotopic (exact) mass is 292 g/mol. The van der Waals surface area contributed by atoms with Gasteiger partial charge in [0.05, 0.1) is 18.0 Å². The van der Waals surface area contributed by atoms with Crippen molar-refractivity contribution >= 4 is 27.8 Å². The SMILES string of the molecule is Cc1ccc(C(=O)Nc2nccnn2)c(Br)c1. The molecule has 0 aliphatic rings. The number of amides is 1. The van der Waals surface area contributed by atoms with E-state index in [0.717, 1.165) is 10.0 Å². The Morgan fingerprint density at radius 1 is 1.35 bits per heavy atom. The van der Waals surface area contributed by atoms with Crippen LogP contribution in [-0.4, -0.2) is 21.1 Å². The van der Waals surface area contributed by atoms with Crippen molar-refractivity contribution in [1.29, 1.82) is 0 Å². The number of aromatic nitrogens is 3. The molecule has 1 aromatic heterocycles. The van der Waals surface area contributed by atoms with Gasteiger partial charge >= 0.3 is 0 Å². The molecule has 0 aliphatic carbocycles. The van der Waals surface area contributed by atoms with E-state index in [2.05, 4.69) is 36.4 Å². The van der Waals surface area contributed by atoms with Gasteiger partial charge in [0.2, 0.25) is 5.95 Å². The average molecular weight is 293 g/mol. The lowest BCUT2D eigenvalue weighted by Crippen LogP contribution is -2.15. The lowest BCUT2D eigenvalue weighted by Gasteiger charge is -2.05. The average Bonchev–Trinajstić information content (AvgIpc) is 2.30. The highest BCUT2D eigenvalue weighted by molar-refractivity contribution is 9.10. The highest BCUT2D eigenvalue weighted by Gasteiger charge is 2.11. The van der Waals surface area contributed by atoms with Crippen LogP contribution in [-0.2, 0) is 0 Å². The maximum atomic E-state index is 11.9. The second-order valence-corrected chi connectivity index (χ2v) is 4.26. The zero-order valence-electron chi connectivity index (χ0n) is 9.01. The van der Waals surface area contributed by atoms with Gasteiger partial charge in [-0.25, -0.2) is 4.98 Å². The highest BCUT2D eigenvalue weighted by Crippen LogP contribution is 2.18. The van der Waals surface area contributed by atoms with Crippen LogP contribution >= 0.6 is 15.9 Å². The Balaban J connectivity index is 2.21. The van der Waals surface area contributed by atoms with Crippen molar-refractivity contribution in [2.75, 3.05) is 5.32 Å². The second-order valence-electron chi connectivity index (χ2n) is 3.40. The van der Waals surface area contributed by atoms with Crippen LogP contribution in [0.4, 0.5) is 5.95 Å². The van der Waals surface area contributed by atoms with E-state index in [1.807, 2.05) is 19.1 Å². The topological polar surface area (TPSA) is 67.8 Å². The summed E-state index contributed by atoms with van der Waals surface area (Å²) in [5.74, 6) is -0.0881. The number of aryl methyl sites for hydroxylation is 1. The minimum Gasteiger partial charge on any atom is -0.289 e. The first-order valence-electron chi connectivity index (χ1n) is 4.88. The Kier molecular flexibility index (Phi) is 3.43. The predicted molar refractivity (Wildman–Crippen MR) is 66.7 cm³/mol. The van der Waals surface area contributed by atoms with E-state index in [-0.39, 0.29) is 11.9 Å². The highest BCUT2D eigenvalue weighted by atomic mass is 79.9. The molecule has 1 aromatic carbocycles. The molecule has 0 atom stereocenters. The van der Waals surface area contributed by atoms with Crippen molar-refractivity contribution in [3.8, 4) is 0 Å². The summed E-state index contributed by atoms with van der Waals surface area (Å²) in [6.45, 7) is 1.96. The Morgan fingerprint density at radius 2 is 2.18 bits per heavy atom. The number of nitrogens with one attached hydrogen (secondary N) is 1. The Hall–Kier alpha value is -1.82. The van der Waals surface area contributed by atoms with Crippen LogP contribution < -0.4 is 5.32 Å². The zero-order valence-corrected chi connectivity index (χ0v) is 10.6. The molecule has 0 aliphatic heterocycles. The van der Waals surface area contributed by atoms with Gasteiger partial charge in [0.1, 0.15) is 0 Å². The summed E-state index contributed by atoms with van der Waals surface area (Å²) in [6, 6.07) is 5.48. The maximum Gasteiger partial charge on any atom is 0.259 e. The van der Waals surface area contributed by atoms with E-state index in [9.17, 15) is 4.79 Å². The lowest BCUT2D eigenvalue weighted by molar-refractivity contribution is 0.102. The van der Waals surface area contributed by atoms with E-state index in [4.69, 9.17) is 0 Å². The molecule has 2 aromatic rings. The van der Waals surface area contributed by atoms with E-state index in [0.29, 0.717) is 5.56 Å². The summed E-state index contributed by atoms with van der Waals surface area (Å²) >= 11 is 3.34. The van der Waals surface area contributed by atoms with Crippen molar-refractivity contribution in [1.82, 2.24) is 15.2 Å². The molecule has 5 nitrogen and oxygen atoms in total. The maximum absolute atomic E-state index is 11.9. The molecule has 1 heterocycles. The van der Waals surface area contributed by atoms with Gasteiger partial charge < -0.3 is 0 Å². The van der Waals surface area contributed by atoms with Gasteiger partial charge in [-0.15, -0.1) is 5.10 Å². The first kappa shape index (κ1) is 11.7. The van der Waals surface area contributed by atoms with Gasteiger partial charge in [-0.05, 0) is 40.5 Å². The van der Waals surface area contributed by atoms with Crippen LogP contribution in [0.3, 0.4) is 0 Å². The summed E-state index contributed by atoms with van der Waals surface area (Å²) in [4.78, 5) is 15.8. The Bertz CT molecular complexity index is 544. The molecular weight excluding hydrogens is 284 g/mol. The molecule has 0 bridgehead atoms. The quantitative estimate of drug-likeness (QED) is 0.921. The number of carbonyl (C=O) groups excluding carboxylic acids is 1. The van der Waals surface area contributed by atoms with E-state index in [1.54, 1.807) is 6.07 Å². The molecular formula is C11H9BrN4O. The van der Waals surface area contributed by atoms with E-state index in [1.165, 1.54) is 12.4 Å². The van der Waals surface area contributed by atoms with Crippen molar-refractivity contribution in [3.05, 3.63) is 46.2 Å². The van der Waals surface area contributed by atoms with Crippen molar-refractivity contribution in [2.24, 2.45) is 0 Å². The third-order valence-corrected chi connectivity index (χ3v) is 2.73. The summed E-state index contributed by atoms with van der Waals surface area (Å²) in [5, 5.41) is 9.88. The van der Waals surface area contributed by atoms with Crippen molar-refractivity contribution < 1.29 is 4.79 Å². The summed E-state index contributed by atoms with van der Waals surface area (Å²) in [6.07, 6.45) is 2.91. The van der Waals surface area contributed by atoms with Crippen LogP contribution in [0.2, 0.25) is 0 Å². The van der Waals surface area contributed by atoms with E-state index < -0.39 is 0 Å². The first-order valence-corrected chi connectivity index (χ1v) is 5.67. The van der Waals surface area contributed by atoms with Crippen molar-refractivity contribution in [3.63, 3.8) is 0 Å². The van der Waals surface area contributed by atoms with Crippen LogP contribution in [0.5, 0.6) is 0 Å². The number of rotatable bonds is 2. The van der Waals surface area contributed by atoms with E-state index >= 15 is 0 Å². The molecule has 1 amide bonds. The fourth-order valence-electron chi connectivity index (χ4n) is 1.28. The molecule has 0 unspecified atom stereocenters. The smallest absolute Gasteiger partial charge is 0.259 e. The molecule has 1 N–H and O–H groups in total. The fraction of sp³-hybridized carbons (Fsp3) is 0.0909. The van der Waals surface area contributed by atoms with Crippen molar-refractivity contribution in [2.45, 2.75) is 6.92 Å². The minimum atomic E-state index is -0.273. The van der Waals surface area contributed by atoms with Gasteiger partial charge in [-0.2, -0.15) is 5.10 Å². The molecule has 0 saturated carbocycles. The Morgan fingerprint density at radius 3 is 2.82 bits per heavy atom. The second kappa shape index (κ2) is 5.01. The molecule has 86 valence electrons. The largest absolute Gasteiger partial charge is 0.289 e. The van der Waals surface area contributed by atoms with Gasteiger partial charge in [0, 0.05) is 4.47 Å². The van der Waals surface area contributed by atoms with Gasteiger partial charge in [-0.1, -0.05) is 6.07 Å². The summed E-state index contributed by atoms with van der Waals surface area (Å²) < 4.78 is 0.735. The minimum absolute atomic E-state index is 0.185. The molecule has 0 spiro atoms. The summed E-state index contributed by atoms with van der Waals surface area (Å²) in [5.41, 5.74) is 1.61. The fourth-order valence-corrected chi connectivity index (χ4v) is 1.95. The van der Waals surface area contributed by atoms with Gasteiger partial charge in [0.15, 0.2) is 0 Å². The first-order chi connectivity index (χ1) is 8.16. The Labute approximate surface area is 106 Å². The van der Waals surface area contributed by atoms with Crippen LogP contribution in [0.1, 0.15) is 15.9 Å². The number of anilines is 1. The standard InChI is InChI=1S/C11H9BrN4O/c1-7-2-3-8(9(12)6-7)10(17)15-11-13-4-5-14-16-11/h2-6H,1H3,(H,13,15,16,17). The number of nitrogens with zero attached hydrogens (tertiary/aromatic N) is 3. The van der Waals surface area contributed by atoms with Crippen LogP contribution in [0.15, 0.2) is 35.1 Å². The summed E-state index contributed by atoms with van der Waals surface area (Å²) in [7, 11) is 0. The third kappa shape index (κ3) is 2.85. The number of halogens is 1. The molecule has 0 radical (unpaired) electrons. The normalized spacial score (nSPS) is 10.0. The third-order valence-electron chi connectivity index (χ3n) is 2.08. The lowest BCUT2D eigenvalue weighted by atomic mass is 10.1. The molecule has 0 saturated heterocycles. The molecule has 6 heteroatoms.